The first-order valence-corrected chi connectivity index (χ1v) is 17.3. The minimum atomic E-state index is -0.476. The molecule has 4 aliphatic carbocycles. The average molecular weight is 559 g/mol. The van der Waals surface area contributed by atoms with Gasteiger partial charge in [0.2, 0.25) is 0 Å². The molecule has 4 nitrogen and oxygen atoms in total. The molecular weight excluding hydrogens is 496 g/mol. The molecule has 0 saturated heterocycles. The van der Waals surface area contributed by atoms with Crippen molar-refractivity contribution in [2.75, 3.05) is 13.2 Å². The molecule has 0 aromatic carbocycles. The van der Waals surface area contributed by atoms with Crippen LogP contribution in [0.2, 0.25) is 0 Å². The Morgan fingerprint density at radius 2 is 1.68 bits per heavy atom. The van der Waals surface area contributed by atoms with E-state index in [0.29, 0.717) is 12.0 Å². The van der Waals surface area contributed by atoms with Gasteiger partial charge in [-0.15, -0.1) is 0 Å². The van der Waals surface area contributed by atoms with Crippen LogP contribution in [-0.2, 0) is 9.47 Å². The first kappa shape index (κ1) is 31.9. The number of ether oxygens (including phenoxy) is 2. The summed E-state index contributed by atoms with van der Waals surface area (Å²) < 4.78 is 11.2. The summed E-state index contributed by atoms with van der Waals surface area (Å²) in [5, 5.41) is 8.86. The molecule has 3 saturated carbocycles. The molecule has 4 aliphatic rings. The van der Waals surface area contributed by atoms with Crippen molar-refractivity contribution in [3.8, 4) is 0 Å². The van der Waals surface area contributed by atoms with Crippen LogP contribution in [0.25, 0.3) is 0 Å². The van der Waals surface area contributed by atoms with Gasteiger partial charge in [0.05, 0.1) is 6.61 Å². The highest BCUT2D eigenvalue weighted by Gasteiger charge is 2.59. The van der Waals surface area contributed by atoms with Crippen LogP contribution in [0.3, 0.4) is 0 Å². The molecule has 3 fully saturated rings. The van der Waals surface area contributed by atoms with Crippen LogP contribution >= 0.6 is 0 Å². The molecule has 0 heterocycles. The van der Waals surface area contributed by atoms with Gasteiger partial charge in [-0.05, 0) is 104 Å². The van der Waals surface area contributed by atoms with Gasteiger partial charge in [-0.2, -0.15) is 0 Å². The summed E-state index contributed by atoms with van der Waals surface area (Å²) in [6.07, 6.45) is 22.4. The summed E-state index contributed by atoms with van der Waals surface area (Å²) in [6, 6.07) is 0. The van der Waals surface area contributed by atoms with Crippen LogP contribution in [0, 0.1) is 46.3 Å². The lowest BCUT2D eigenvalue weighted by atomic mass is 9.47. The lowest BCUT2D eigenvalue weighted by Crippen LogP contribution is -2.51. The van der Waals surface area contributed by atoms with E-state index < -0.39 is 6.16 Å². The van der Waals surface area contributed by atoms with Crippen molar-refractivity contribution in [3.63, 3.8) is 0 Å². The normalized spacial score (nSPS) is 35.9. The molecule has 0 spiro atoms. The zero-order valence-corrected chi connectivity index (χ0v) is 26.7. The van der Waals surface area contributed by atoms with Crippen molar-refractivity contribution in [1.82, 2.24) is 0 Å². The van der Waals surface area contributed by atoms with Crippen molar-refractivity contribution in [1.29, 1.82) is 0 Å². The van der Waals surface area contributed by atoms with E-state index in [0.717, 1.165) is 93.3 Å². The van der Waals surface area contributed by atoms with E-state index in [1.165, 1.54) is 51.4 Å². The number of aliphatic hydroxyl groups excluding tert-OH is 1. The Morgan fingerprint density at radius 3 is 2.42 bits per heavy atom. The van der Waals surface area contributed by atoms with Crippen LogP contribution in [0.1, 0.15) is 144 Å². The zero-order valence-electron chi connectivity index (χ0n) is 26.7. The highest BCUT2D eigenvalue weighted by molar-refractivity contribution is 5.60. The monoisotopic (exact) mass is 558 g/mol. The minimum Gasteiger partial charge on any atom is -0.434 e. The molecule has 4 rings (SSSR count). The van der Waals surface area contributed by atoms with Gasteiger partial charge in [-0.25, -0.2) is 4.79 Å². The Labute approximate surface area is 246 Å². The fourth-order valence-electron chi connectivity index (χ4n) is 10.00. The number of rotatable bonds is 14. The smallest absolute Gasteiger partial charge is 0.434 e. The Kier molecular flexibility index (Phi) is 11.5. The maximum Gasteiger partial charge on any atom is 0.508 e. The fraction of sp³-hybridized carbons (Fsp3) is 0.917. The maximum absolute atomic E-state index is 12.4. The first-order valence-electron chi connectivity index (χ1n) is 17.3. The molecule has 4 heteroatoms. The van der Waals surface area contributed by atoms with Gasteiger partial charge in [0.1, 0.15) is 6.10 Å². The Bertz CT molecular complexity index is 835. The lowest BCUT2D eigenvalue weighted by Gasteiger charge is -2.58. The molecule has 230 valence electrons. The molecule has 0 radical (unpaired) electrons. The number of fused-ring (bicyclic) bond motifs is 5. The molecule has 0 aromatic rings. The number of carbonyl (C=O) groups is 1. The van der Waals surface area contributed by atoms with Gasteiger partial charge >= 0.3 is 6.16 Å². The topological polar surface area (TPSA) is 55.8 Å². The molecule has 0 amide bonds. The second-order valence-corrected chi connectivity index (χ2v) is 15.2. The standard InChI is InChI=1S/C36H62O4/c1-26(2)13-12-14-27(3)31-17-18-32-30-16-15-28-25-29(19-21-35(28,4)33(30)20-22-36(31,32)5)40-34(38)39-24-11-9-7-6-8-10-23-37/h15,26-27,29-33,37H,6-14,16-25H2,1-5H3/t27-,29+,30?,31-,32?,33?,35+,36-/m1/s1. The highest BCUT2D eigenvalue weighted by atomic mass is 16.7. The van der Waals surface area contributed by atoms with E-state index in [1.54, 1.807) is 5.57 Å². The Balaban J connectivity index is 1.26. The number of aliphatic hydroxyl groups is 1. The van der Waals surface area contributed by atoms with Crippen LogP contribution in [0.15, 0.2) is 11.6 Å². The highest BCUT2D eigenvalue weighted by Crippen LogP contribution is 2.67. The van der Waals surface area contributed by atoms with E-state index in [2.05, 4.69) is 40.7 Å². The van der Waals surface area contributed by atoms with E-state index in [9.17, 15) is 4.79 Å². The van der Waals surface area contributed by atoms with E-state index in [4.69, 9.17) is 14.6 Å². The predicted octanol–water partition coefficient (Wildman–Crippen LogP) is 9.88. The minimum absolute atomic E-state index is 0.0294. The second-order valence-electron chi connectivity index (χ2n) is 15.2. The van der Waals surface area contributed by atoms with Gasteiger partial charge in [0.15, 0.2) is 0 Å². The number of hydrogen-bond acceptors (Lipinski definition) is 4. The fourth-order valence-corrected chi connectivity index (χ4v) is 10.00. The van der Waals surface area contributed by atoms with Gasteiger partial charge < -0.3 is 14.6 Å². The van der Waals surface area contributed by atoms with Crippen LogP contribution in [0.5, 0.6) is 0 Å². The number of unbranched alkanes of at least 4 members (excludes halogenated alkanes) is 5. The second kappa shape index (κ2) is 14.4. The molecule has 0 aliphatic heterocycles. The SMILES string of the molecule is CC(C)CCC[C@@H](C)[C@H]1CCC2C3CC=C4C[C@@H](OC(=O)OCCCCCCCCO)CC[C@]4(C)C3CC[C@@]21C. The first-order chi connectivity index (χ1) is 19.2. The third-order valence-corrected chi connectivity index (χ3v) is 12.3. The van der Waals surface area contributed by atoms with Crippen molar-refractivity contribution in [3.05, 3.63) is 11.6 Å². The Hall–Kier alpha value is -1.03. The largest absolute Gasteiger partial charge is 0.508 e. The molecule has 1 N–H and O–H groups in total. The quantitative estimate of drug-likeness (QED) is 0.131. The summed E-state index contributed by atoms with van der Waals surface area (Å²) in [5.74, 6) is 5.12. The van der Waals surface area contributed by atoms with Crippen molar-refractivity contribution in [2.45, 2.75) is 150 Å². The third kappa shape index (κ3) is 7.30. The Morgan fingerprint density at radius 1 is 0.925 bits per heavy atom. The summed E-state index contributed by atoms with van der Waals surface area (Å²) in [5.41, 5.74) is 2.38. The van der Waals surface area contributed by atoms with Gasteiger partial charge in [-0.3, -0.25) is 0 Å². The molecule has 0 bridgehead atoms. The third-order valence-electron chi connectivity index (χ3n) is 12.3. The average Bonchev–Trinajstić information content (AvgIpc) is 3.27. The van der Waals surface area contributed by atoms with E-state index in [-0.39, 0.29) is 18.1 Å². The number of carbonyl (C=O) groups excluding carboxylic acids is 1. The molecule has 3 unspecified atom stereocenters. The zero-order chi connectivity index (χ0) is 28.8. The van der Waals surface area contributed by atoms with Crippen LogP contribution in [-0.4, -0.2) is 30.6 Å². The van der Waals surface area contributed by atoms with Gasteiger partial charge in [0, 0.05) is 13.0 Å². The molecular formula is C36H62O4. The molecule has 8 atom stereocenters. The molecule has 40 heavy (non-hydrogen) atoms. The van der Waals surface area contributed by atoms with E-state index >= 15 is 0 Å². The van der Waals surface area contributed by atoms with Gasteiger partial charge in [0.25, 0.3) is 0 Å². The lowest BCUT2D eigenvalue weighted by molar-refractivity contribution is -0.0617. The molecule has 0 aromatic heterocycles. The van der Waals surface area contributed by atoms with Crippen molar-refractivity contribution >= 4 is 6.16 Å². The van der Waals surface area contributed by atoms with Gasteiger partial charge in [-0.1, -0.05) is 91.2 Å². The maximum atomic E-state index is 12.4. The summed E-state index contributed by atoms with van der Waals surface area (Å²) in [7, 11) is 0. The van der Waals surface area contributed by atoms with E-state index in [1.807, 2.05) is 0 Å². The number of allylic oxidation sites excluding steroid dienone is 1. The van der Waals surface area contributed by atoms with Crippen molar-refractivity contribution < 1.29 is 19.4 Å². The number of hydrogen-bond donors (Lipinski definition) is 1. The predicted molar refractivity (Wildman–Crippen MR) is 164 cm³/mol. The van der Waals surface area contributed by atoms with Crippen molar-refractivity contribution in [2.24, 2.45) is 46.3 Å². The summed E-state index contributed by atoms with van der Waals surface area (Å²) in [4.78, 5) is 12.4. The summed E-state index contributed by atoms with van der Waals surface area (Å²) in [6.45, 7) is 13.3. The van der Waals surface area contributed by atoms with Crippen LogP contribution < -0.4 is 0 Å². The summed E-state index contributed by atoms with van der Waals surface area (Å²) >= 11 is 0. The van der Waals surface area contributed by atoms with Crippen LogP contribution in [0.4, 0.5) is 4.79 Å².